The summed E-state index contributed by atoms with van der Waals surface area (Å²) in [6.07, 6.45) is 2.46. The van der Waals surface area contributed by atoms with Crippen LogP contribution in [0.15, 0.2) is 12.3 Å². The minimum atomic E-state index is -0.148. The molecule has 0 spiro atoms. The summed E-state index contributed by atoms with van der Waals surface area (Å²) >= 11 is 0. The molecule has 2 heterocycles. The third kappa shape index (κ3) is 2.17. The first-order chi connectivity index (χ1) is 8.08. The molecule has 5 nitrogen and oxygen atoms in total. The number of ether oxygens (including phenoxy) is 1. The maximum atomic E-state index is 9.07. The average molecular weight is 232 g/mol. The summed E-state index contributed by atoms with van der Waals surface area (Å²) < 4.78 is 5.48. The van der Waals surface area contributed by atoms with Crippen molar-refractivity contribution in [3.63, 3.8) is 0 Å². The van der Waals surface area contributed by atoms with Crippen molar-refractivity contribution in [2.24, 2.45) is 0 Å². The van der Waals surface area contributed by atoms with Crippen molar-refractivity contribution in [3.05, 3.63) is 17.8 Å². The van der Waals surface area contributed by atoms with E-state index in [1.54, 1.807) is 13.2 Å². The SMILES string of the molecule is COC1(C)CCN(c2cc(N)ncc2C#N)C1. The minimum absolute atomic E-state index is 0.148. The van der Waals surface area contributed by atoms with Crippen molar-refractivity contribution in [2.75, 3.05) is 30.8 Å². The van der Waals surface area contributed by atoms with E-state index in [1.165, 1.54) is 6.20 Å². The Kier molecular flexibility index (Phi) is 2.90. The fourth-order valence-electron chi connectivity index (χ4n) is 2.11. The van der Waals surface area contributed by atoms with Crippen LogP contribution in [0.4, 0.5) is 11.5 Å². The molecule has 0 saturated carbocycles. The Bertz CT molecular complexity index is 468. The number of nitrogens with two attached hydrogens (primary N) is 1. The molecule has 0 aromatic carbocycles. The third-order valence-electron chi connectivity index (χ3n) is 3.29. The van der Waals surface area contributed by atoms with Crippen LogP contribution >= 0.6 is 0 Å². The number of anilines is 2. The zero-order valence-corrected chi connectivity index (χ0v) is 10.1. The summed E-state index contributed by atoms with van der Waals surface area (Å²) in [5, 5.41) is 9.07. The molecule has 0 radical (unpaired) electrons. The Morgan fingerprint density at radius 2 is 2.41 bits per heavy atom. The Hall–Kier alpha value is -1.80. The van der Waals surface area contributed by atoms with Gasteiger partial charge in [-0.3, -0.25) is 0 Å². The summed E-state index contributed by atoms with van der Waals surface area (Å²) in [7, 11) is 1.72. The van der Waals surface area contributed by atoms with Crippen LogP contribution in [0.25, 0.3) is 0 Å². The van der Waals surface area contributed by atoms with E-state index in [0.29, 0.717) is 11.4 Å². The van der Waals surface area contributed by atoms with Crippen LogP contribution in [0.3, 0.4) is 0 Å². The number of pyridine rings is 1. The molecule has 5 heteroatoms. The molecule has 1 aromatic heterocycles. The van der Waals surface area contributed by atoms with Crippen LogP contribution in [0.2, 0.25) is 0 Å². The number of nitrogens with zero attached hydrogens (tertiary/aromatic N) is 3. The van der Waals surface area contributed by atoms with Crippen molar-refractivity contribution < 1.29 is 4.74 Å². The third-order valence-corrected chi connectivity index (χ3v) is 3.29. The number of hydrogen-bond donors (Lipinski definition) is 1. The maximum Gasteiger partial charge on any atom is 0.125 e. The van der Waals surface area contributed by atoms with Crippen LogP contribution in [0, 0.1) is 11.3 Å². The second-order valence-corrected chi connectivity index (χ2v) is 4.56. The van der Waals surface area contributed by atoms with Crippen LogP contribution in [-0.4, -0.2) is 30.8 Å². The van der Waals surface area contributed by atoms with E-state index < -0.39 is 0 Å². The molecule has 2 rings (SSSR count). The standard InChI is InChI=1S/C12H16N4O/c1-12(17-2)3-4-16(8-12)10-5-11(14)15-7-9(10)6-13/h5,7H,3-4,8H2,1-2H3,(H2,14,15). The summed E-state index contributed by atoms with van der Waals surface area (Å²) in [6, 6.07) is 3.89. The smallest absolute Gasteiger partial charge is 0.125 e. The highest BCUT2D eigenvalue weighted by Crippen LogP contribution is 2.31. The van der Waals surface area contributed by atoms with Gasteiger partial charge < -0.3 is 15.4 Å². The predicted octanol–water partition coefficient (Wildman–Crippen LogP) is 1.15. The normalized spacial score (nSPS) is 23.7. The maximum absolute atomic E-state index is 9.07. The predicted molar refractivity (Wildman–Crippen MR) is 65.6 cm³/mol. The van der Waals surface area contributed by atoms with Crippen molar-refractivity contribution >= 4 is 11.5 Å². The molecule has 0 bridgehead atoms. The first-order valence-electron chi connectivity index (χ1n) is 5.54. The number of nitrogen functional groups attached to an aromatic ring is 1. The van der Waals surface area contributed by atoms with Gasteiger partial charge in [-0.05, 0) is 13.3 Å². The van der Waals surface area contributed by atoms with E-state index in [4.69, 9.17) is 15.7 Å². The topological polar surface area (TPSA) is 75.2 Å². The van der Waals surface area contributed by atoms with Crippen molar-refractivity contribution in [1.82, 2.24) is 4.98 Å². The largest absolute Gasteiger partial charge is 0.384 e. The highest BCUT2D eigenvalue weighted by Gasteiger charge is 2.34. The van der Waals surface area contributed by atoms with Gasteiger partial charge >= 0.3 is 0 Å². The minimum Gasteiger partial charge on any atom is -0.384 e. The summed E-state index contributed by atoms with van der Waals surface area (Å²) in [5.41, 5.74) is 6.93. The van der Waals surface area contributed by atoms with Gasteiger partial charge in [0.05, 0.1) is 16.9 Å². The second kappa shape index (κ2) is 4.22. The Morgan fingerprint density at radius 3 is 3.00 bits per heavy atom. The number of hydrogen-bond acceptors (Lipinski definition) is 5. The quantitative estimate of drug-likeness (QED) is 0.827. The van der Waals surface area contributed by atoms with Gasteiger partial charge in [0.15, 0.2) is 0 Å². The molecule has 0 amide bonds. The number of methoxy groups -OCH3 is 1. The average Bonchev–Trinajstić information content (AvgIpc) is 2.73. The fraction of sp³-hybridized carbons (Fsp3) is 0.500. The number of aromatic nitrogens is 1. The van der Waals surface area contributed by atoms with Gasteiger partial charge in [-0.2, -0.15) is 5.26 Å². The van der Waals surface area contributed by atoms with Gasteiger partial charge in [0.25, 0.3) is 0 Å². The molecule has 0 aliphatic carbocycles. The van der Waals surface area contributed by atoms with Crippen molar-refractivity contribution in [2.45, 2.75) is 18.9 Å². The van der Waals surface area contributed by atoms with Gasteiger partial charge in [0, 0.05) is 32.5 Å². The van der Waals surface area contributed by atoms with Crippen LogP contribution in [0.1, 0.15) is 18.9 Å². The van der Waals surface area contributed by atoms with Crippen molar-refractivity contribution in [1.29, 1.82) is 5.26 Å². The van der Waals surface area contributed by atoms with E-state index in [1.807, 2.05) is 0 Å². The first-order valence-corrected chi connectivity index (χ1v) is 5.54. The van der Waals surface area contributed by atoms with E-state index in [9.17, 15) is 0 Å². The van der Waals surface area contributed by atoms with Gasteiger partial charge in [-0.1, -0.05) is 0 Å². The lowest BCUT2D eigenvalue weighted by Crippen LogP contribution is -2.32. The summed E-state index contributed by atoms with van der Waals surface area (Å²) in [6.45, 7) is 3.70. The lowest BCUT2D eigenvalue weighted by molar-refractivity contribution is 0.0257. The van der Waals surface area contributed by atoms with Gasteiger partial charge in [-0.15, -0.1) is 0 Å². The zero-order chi connectivity index (χ0) is 12.5. The molecular weight excluding hydrogens is 216 g/mol. The highest BCUT2D eigenvalue weighted by molar-refractivity contribution is 5.63. The van der Waals surface area contributed by atoms with Gasteiger partial charge in [0.1, 0.15) is 11.9 Å². The summed E-state index contributed by atoms with van der Waals surface area (Å²) in [5.74, 6) is 0.435. The Morgan fingerprint density at radius 1 is 1.65 bits per heavy atom. The molecule has 17 heavy (non-hydrogen) atoms. The van der Waals surface area contributed by atoms with E-state index in [0.717, 1.165) is 25.2 Å². The van der Waals surface area contributed by atoms with Crippen LogP contribution < -0.4 is 10.6 Å². The van der Waals surface area contributed by atoms with Gasteiger partial charge in [-0.25, -0.2) is 4.98 Å². The number of rotatable bonds is 2. The molecule has 1 aliphatic rings. The number of nitriles is 1. The first kappa shape index (κ1) is 11.7. The summed E-state index contributed by atoms with van der Waals surface area (Å²) in [4.78, 5) is 6.06. The fourth-order valence-corrected chi connectivity index (χ4v) is 2.11. The Labute approximate surface area is 101 Å². The monoisotopic (exact) mass is 232 g/mol. The highest BCUT2D eigenvalue weighted by atomic mass is 16.5. The van der Waals surface area contributed by atoms with Crippen LogP contribution in [-0.2, 0) is 4.74 Å². The lowest BCUT2D eigenvalue weighted by atomic mass is 10.1. The molecule has 1 saturated heterocycles. The molecule has 1 aromatic rings. The second-order valence-electron chi connectivity index (χ2n) is 4.56. The molecule has 2 N–H and O–H groups in total. The molecule has 1 aliphatic heterocycles. The molecule has 1 unspecified atom stereocenters. The Balaban J connectivity index is 2.30. The zero-order valence-electron chi connectivity index (χ0n) is 10.1. The van der Waals surface area contributed by atoms with E-state index >= 15 is 0 Å². The lowest BCUT2D eigenvalue weighted by Gasteiger charge is -2.24. The molecule has 90 valence electrons. The van der Waals surface area contributed by atoms with Crippen LogP contribution in [0.5, 0.6) is 0 Å². The van der Waals surface area contributed by atoms with Gasteiger partial charge in [0.2, 0.25) is 0 Å². The van der Waals surface area contributed by atoms with E-state index in [-0.39, 0.29) is 5.60 Å². The van der Waals surface area contributed by atoms with Crippen molar-refractivity contribution in [3.8, 4) is 6.07 Å². The molecule has 1 fully saturated rings. The molecule has 1 atom stereocenters. The van der Waals surface area contributed by atoms with E-state index in [2.05, 4.69) is 22.9 Å². The molecular formula is C12H16N4O.